The number of amides is 1. The highest BCUT2D eigenvalue weighted by molar-refractivity contribution is 5.94. The zero-order valence-corrected chi connectivity index (χ0v) is 8.96. The lowest BCUT2D eigenvalue weighted by atomic mass is 10.1. The van der Waals surface area contributed by atoms with Crippen molar-refractivity contribution in [3.63, 3.8) is 0 Å². The number of rotatable bonds is 3. The molecule has 5 heteroatoms. The Morgan fingerprint density at radius 1 is 1.27 bits per heavy atom. The summed E-state index contributed by atoms with van der Waals surface area (Å²) < 4.78 is 10.2. The molecule has 15 heavy (non-hydrogen) atoms. The average Bonchev–Trinajstić information content (AvgIpc) is 2.28. The van der Waals surface area contributed by atoms with E-state index in [0.29, 0.717) is 17.1 Å². The second kappa shape index (κ2) is 4.65. The monoisotopic (exact) mass is 210 g/mol. The lowest BCUT2D eigenvalue weighted by Gasteiger charge is -2.11. The van der Waals surface area contributed by atoms with Crippen LogP contribution in [0.5, 0.6) is 11.5 Å². The van der Waals surface area contributed by atoms with Crippen molar-refractivity contribution < 1.29 is 14.3 Å². The maximum atomic E-state index is 11.3. The van der Waals surface area contributed by atoms with Crippen LogP contribution in [-0.2, 0) is 0 Å². The summed E-state index contributed by atoms with van der Waals surface area (Å²) in [5.74, 6) is 5.84. The van der Waals surface area contributed by atoms with Crippen LogP contribution in [0.25, 0.3) is 0 Å². The molecule has 0 spiro atoms. The Labute approximate surface area is 88.1 Å². The van der Waals surface area contributed by atoms with Gasteiger partial charge < -0.3 is 9.47 Å². The molecule has 3 N–H and O–H groups in total. The minimum Gasteiger partial charge on any atom is -0.496 e. The largest absolute Gasteiger partial charge is 0.496 e. The lowest BCUT2D eigenvalue weighted by Crippen LogP contribution is -2.30. The van der Waals surface area contributed by atoms with E-state index in [1.54, 1.807) is 12.1 Å². The molecule has 0 radical (unpaired) electrons. The summed E-state index contributed by atoms with van der Waals surface area (Å²) in [6.45, 7) is 1.85. The summed E-state index contributed by atoms with van der Waals surface area (Å²) in [5, 5.41) is 0. The first-order valence-electron chi connectivity index (χ1n) is 4.37. The number of hydrogen-bond acceptors (Lipinski definition) is 4. The van der Waals surface area contributed by atoms with Crippen LogP contribution in [0.15, 0.2) is 12.1 Å². The molecule has 1 amide bonds. The second-order valence-electron chi connectivity index (χ2n) is 2.98. The van der Waals surface area contributed by atoms with Crippen LogP contribution in [0, 0.1) is 6.92 Å². The fraction of sp³-hybridized carbons (Fsp3) is 0.300. The molecule has 0 aliphatic carbocycles. The van der Waals surface area contributed by atoms with Gasteiger partial charge in [-0.25, -0.2) is 5.84 Å². The third-order valence-corrected chi connectivity index (χ3v) is 2.15. The minimum absolute atomic E-state index is 0.383. The van der Waals surface area contributed by atoms with Crippen LogP contribution >= 0.6 is 0 Å². The summed E-state index contributed by atoms with van der Waals surface area (Å²) >= 11 is 0. The van der Waals surface area contributed by atoms with Gasteiger partial charge in [0.2, 0.25) is 0 Å². The van der Waals surface area contributed by atoms with E-state index >= 15 is 0 Å². The first kappa shape index (κ1) is 11.3. The highest BCUT2D eigenvalue weighted by Crippen LogP contribution is 2.29. The standard InChI is InChI=1S/C10H14N2O3/c1-6-8(14-2)4-7(10(13)12-11)5-9(6)15-3/h4-5H,11H2,1-3H3,(H,12,13). The number of nitrogens with one attached hydrogen (secondary N) is 1. The summed E-state index contributed by atoms with van der Waals surface area (Å²) in [6.07, 6.45) is 0. The van der Waals surface area contributed by atoms with Crippen molar-refractivity contribution in [3.05, 3.63) is 23.3 Å². The number of hydrogen-bond donors (Lipinski definition) is 2. The van der Waals surface area contributed by atoms with Crippen LogP contribution in [0.2, 0.25) is 0 Å². The third-order valence-electron chi connectivity index (χ3n) is 2.15. The zero-order valence-electron chi connectivity index (χ0n) is 8.96. The van der Waals surface area contributed by atoms with Gasteiger partial charge in [-0.05, 0) is 19.1 Å². The van der Waals surface area contributed by atoms with Crippen molar-refractivity contribution in [2.24, 2.45) is 5.84 Å². The van der Waals surface area contributed by atoms with Gasteiger partial charge in [-0.15, -0.1) is 0 Å². The summed E-state index contributed by atoms with van der Waals surface area (Å²) in [7, 11) is 3.07. The molecule has 0 aliphatic heterocycles. The van der Waals surface area contributed by atoms with Gasteiger partial charge >= 0.3 is 0 Å². The molecule has 0 saturated heterocycles. The van der Waals surface area contributed by atoms with Crippen LogP contribution in [-0.4, -0.2) is 20.1 Å². The molecular weight excluding hydrogens is 196 g/mol. The number of nitrogens with two attached hydrogens (primary N) is 1. The van der Waals surface area contributed by atoms with E-state index in [0.717, 1.165) is 5.56 Å². The van der Waals surface area contributed by atoms with Gasteiger partial charge in [0.25, 0.3) is 5.91 Å². The zero-order chi connectivity index (χ0) is 11.4. The van der Waals surface area contributed by atoms with E-state index in [1.807, 2.05) is 6.92 Å². The predicted octanol–water partition coefficient (Wildman–Crippen LogP) is 0.616. The van der Waals surface area contributed by atoms with Gasteiger partial charge in [0, 0.05) is 11.1 Å². The maximum Gasteiger partial charge on any atom is 0.265 e. The lowest BCUT2D eigenvalue weighted by molar-refractivity contribution is 0.0953. The minimum atomic E-state index is -0.383. The smallest absolute Gasteiger partial charge is 0.265 e. The van der Waals surface area contributed by atoms with Crippen molar-refractivity contribution in [3.8, 4) is 11.5 Å². The van der Waals surface area contributed by atoms with E-state index in [1.165, 1.54) is 14.2 Å². The Morgan fingerprint density at radius 3 is 2.07 bits per heavy atom. The number of methoxy groups -OCH3 is 2. The molecule has 0 heterocycles. The highest BCUT2D eigenvalue weighted by Gasteiger charge is 2.12. The molecule has 0 atom stereocenters. The molecule has 1 rings (SSSR count). The third kappa shape index (κ3) is 2.19. The number of carbonyl (C=O) groups excluding carboxylic acids is 1. The van der Waals surface area contributed by atoms with E-state index in [9.17, 15) is 4.79 Å². The van der Waals surface area contributed by atoms with Crippen molar-refractivity contribution in [1.82, 2.24) is 5.43 Å². The van der Waals surface area contributed by atoms with E-state index < -0.39 is 0 Å². The average molecular weight is 210 g/mol. The van der Waals surface area contributed by atoms with E-state index in [2.05, 4.69) is 5.43 Å². The predicted molar refractivity (Wildman–Crippen MR) is 55.9 cm³/mol. The number of hydrazine groups is 1. The molecule has 0 unspecified atom stereocenters. The van der Waals surface area contributed by atoms with Gasteiger partial charge in [-0.1, -0.05) is 0 Å². The van der Waals surface area contributed by atoms with Gasteiger partial charge in [0.1, 0.15) is 11.5 Å². The topological polar surface area (TPSA) is 73.6 Å². The molecule has 0 aliphatic rings. The molecule has 1 aromatic rings. The summed E-state index contributed by atoms with van der Waals surface area (Å²) in [6, 6.07) is 3.22. The van der Waals surface area contributed by atoms with Crippen molar-refractivity contribution in [2.45, 2.75) is 6.92 Å². The number of ether oxygens (including phenoxy) is 2. The quantitative estimate of drug-likeness (QED) is 0.435. The van der Waals surface area contributed by atoms with Gasteiger partial charge in [0.05, 0.1) is 14.2 Å². The molecule has 5 nitrogen and oxygen atoms in total. The Hall–Kier alpha value is -1.75. The number of benzene rings is 1. The van der Waals surface area contributed by atoms with Crippen LogP contribution in [0.4, 0.5) is 0 Å². The Balaban J connectivity index is 3.26. The molecule has 0 saturated carbocycles. The van der Waals surface area contributed by atoms with Crippen LogP contribution in [0.1, 0.15) is 15.9 Å². The van der Waals surface area contributed by atoms with E-state index in [4.69, 9.17) is 15.3 Å². The normalized spacial score (nSPS) is 9.60. The Kier molecular flexibility index (Phi) is 3.51. The molecule has 0 bridgehead atoms. The van der Waals surface area contributed by atoms with Gasteiger partial charge in [-0.2, -0.15) is 0 Å². The molecule has 0 aromatic heterocycles. The van der Waals surface area contributed by atoms with Crippen LogP contribution in [0.3, 0.4) is 0 Å². The first-order valence-corrected chi connectivity index (χ1v) is 4.37. The molecular formula is C10H14N2O3. The van der Waals surface area contributed by atoms with Crippen LogP contribution < -0.4 is 20.7 Å². The first-order chi connectivity index (χ1) is 7.13. The highest BCUT2D eigenvalue weighted by atomic mass is 16.5. The van der Waals surface area contributed by atoms with Crippen molar-refractivity contribution >= 4 is 5.91 Å². The van der Waals surface area contributed by atoms with Crippen molar-refractivity contribution in [1.29, 1.82) is 0 Å². The molecule has 82 valence electrons. The SMILES string of the molecule is COc1cc(C(=O)NN)cc(OC)c1C. The fourth-order valence-corrected chi connectivity index (χ4v) is 1.30. The summed E-state index contributed by atoms with van der Waals surface area (Å²) in [5.41, 5.74) is 3.29. The van der Waals surface area contributed by atoms with Crippen molar-refractivity contribution in [2.75, 3.05) is 14.2 Å². The van der Waals surface area contributed by atoms with Gasteiger partial charge in [0.15, 0.2) is 0 Å². The summed E-state index contributed by atoms with van der Waals surface area (Å²) in [4.78, 5) is 11.3. The second-order valence-corrected chi connectivity index (χ2v) is 2.98. The molecule has 1 aromatic carbocycles. The number of nitrogen functional groups attached to an aromatic ring is 1. The Morgan fingerprint density at radius 2 is 1.73 bits per heavy atom. The van der Waals surface area contributed by atoms with Gasteiger partial charge in [-0.3, -0.25) is 10.2 Å². The maximum absolute atomic E-state index is 11.3. The van der Waals surface area contributed by atoms with E-state index in [-0.39, 0.29) is 5.91 Å². The fourth-order valence-electron chi connectivity index (χ4n) is 1.30. The number of carbonyl (C=O) groups is 1. The molecule has 0 fully saturated rings. The Bertz CT molecular complexity index is 352.